The number of ether oxygens (including phenoxy) is 1. The molecule has 0 bridgehead atoms. The summed E-state index contributed by atoms with van der Waals surface area (Å²) in [6.45, 7) is 9.11. The summed E-state index contributed by atoms with van der Waals surface area (Å²) in [7, 11) is 0. The standard InChI is InChI=1S/C33H26FN7O2S/c1-17(2)32(42)41-21-6-7-22(18(3)13-21)29-27(20-5-8-26(24(34)14-20)43-33-37-12-9-19(4)40-33)28-30(44-29)23(15-38-31(28)35)25-10-11-36-16-39-25/h5-16H,1H2,2-4H3,(H2,35,38)(H,41,42). The molecule has 0 aliphatic rings. The molecular weight excluding hydrogens is 577 g/mol. The van der Waals surface area contributed by atoms with E-state index in [2.05, 4.69) is 36.8 Å². The molecule has 0 saturated heterocycles. The largest absolute Gasteiger partial charge is 0.421 e. The third-order valence-corrected chi connectivity index (χ3v) is 8.17. The quantitative estimate of drug-likeness (QED) is 0.179. The molecule has 0 radical (unpaired) electrons. The minimum absolute atomic E-state index is 0.0120. The number of nitrogen functional groups attached to an aromatic ring is 1. The number of fused-ring (bicyclic) bond motifs is 1. The number of hydrogen-bond acceptors (Lipinski definition) is 9. The van der Waals surface area contributed by atoms with Gasteiger partial charge < -0.3 is 15.8 Å². The zero-order chi connectivity index (χ0) is 31.0. The second-order valence-corrected chi connectivity index (χ2v) is 11.2. The second-order valence-electron chi connectivity index (χ2n) is 10.2. The van der Waals surface area contributed by atoms with Crippen LogP contribution in [0, 0.1) is 19.7 Å². The summed E-state index contributed by atoms with van der Waals surface area (Å²) in [6.07, 6.45) is 6.37. The van der Waals surface area contributed by atoms with Crippen LogP contribution in [-0.4, -0.2) is 30.8 Å². The van der Waals surface area contributed by atoms with E-state index in [1.807, 2.05) is 25.1 Å². The summed E-state index contributed by atoms with van der Waals surface area (Å²) >= 11 is 1.50. The van der Waals surface area contributed by atoms with E-state index in [0.717, 1.165) is 26.3 Å². The van der Waals surface area contributed by atoms with Crippen molar-refractivity contribution in [1.29, 1.82) is 0 Å². The number of rotatable bonds is 7. The maximum absolute atomic E-state index is 15.6. The Labute approximate surface area is 256 Å². The van der Waals surface area contributed by atoms with Crippen LogP contribution in [0.5, 0.6) is 11.8 Å². The fourth-order valence-electron chi connectivity index (χ4n) is 4.77. The molecule has 2 aromatic carbocycles. The molecule has 44 heavy (non-hydrogen) atoms. The number of anilines is 2. The Kier molecular flexibility index (Phi) is 7.54. The van der Waals surface area contributed by atoms with Crippen LogP contribution in [0.1, 0.15) is 18.2 Å². The van der Waals surface area contributed by atoms with Crippen molar-refractivity contribution in [2.45, 2.75) is 20.8 Å². The van der Waals surface area contributed by atoms with E-state index in [4.69, 9.17) is 10.5 Å². The number of carbonyl (C=O) groups is 1. The number of amides is 1. The van der Waals surface area contributed by atoms with Gasteiger partial charge in [-0.05, 0) is 73.9 Å². The zero-order valence-electron chi connectivity index (χ0n) is 24.1. The highest BCUT2D eigenvalue weighted by Gasteiger charge is 2.24. The smallest absolute Gasteiger partial charge is 0.322 e. The lowest BCUT2D eigenvalue weighted by atomic mass is 9.95. The molecule has 11 heteroatoms. The van der Waals surface area contributed by atoms with Crippen LogP contribution in [0.2, 0.25) is 0 Å². The number of hydrogen-bond donors (Lipinski definition) is 2. The van der Waals surface area contributed by atoms with Crippen molar-refractivity contribution in [3.63, 3.8) is 0 Å². The SMILES string of the molecule is C=C(C)C(=O)Nc1ccc(-c2sc3c(-c4ccncn4)cnc(N)c3c2-c2ccc(Oc3nccc(C)n3)c(F)c2)c(C)c1. The van der Waals surface area contributed by atoms with Gasteiger partial charge in [0.25, 0.3) is 5.91 Å². The van der Waals surface area contributed by atoms with Gasteiger partial charge in [0.05, 0.1) is 10.4 Å². The molecule has 4 aromatic heterocycles. The summed E-state index contributed by atoms with van der Waals surface area (Å²) in [4.78, 5) is 34.3. The van der Waals surface area contributed by atoms with Crippen molar-refractivity contribution < 1.29 is 13.9 Å². The summed E-state index contributed by atoms with van der Waals surface area (Å²) in [5, 5.41) is 3.53. The van der Waals surface area contributed by atoms with Crippen LogP contribution in [0.4, 0.5) is 15.9 Å². The number of nitrogens with one attached hydrogen (secondary N) is 1. The average molecular weight is 604 g/mol. The Bertz CT molecular complexity index is 2080. The molecule has 0 atom stereocenters. The van der Waals surface area contributed by atoms with Crippen molar-refractivity contribution in [2.75, 3.05) is 11.1 Å². The van der Waals surface area contributed by atoms with Gasteiger partial charge in [-0.3, -0.25) is 4.79 Å². The van der Waals surface area contributed by atoms with Crippen LogP contribution in [0.15, 0.2) is 85.6 Å². The highest BCUT2D eigenvalue weighted by molar-refractivity contribution is 7.23. The number of thiophene rings is 1. The molecule has 6 aromatic rings. The van der Waals surface area contributed by atoms with Crippen molar-refractivity contribution in [3.05, 3.63) is 103 Å². The topological polar surface area (TPSA) is 129 Å². The molecule has 0 unspecified atom stereocenters. The fourth-order valence-corrected chi connectivity index (χ4v) is 6.21. The van der Waals surface area contributed by atoms with Gasteiger partial charge >= 0.3 is 6.01 Å². The predicted octanol–water partition coefficient (Wildman–Crippen LogP) is 7.52. The van der Waals surface area contributed by atoms with Crippen LogP contribution >= 0.6 is 11.3 Å². The van der Waals surface area contributed by atoms with Crippen molar-refractivity contribution in [3.8, 4) is 44.6 Å². The summed E-state index contributed by atoms with van der Waals surface area (Å²) in [6, 6.07) is 13.9. The molecular formula is C33H26FN7O2S. The Morgan fingerprint density at radius 3 is 2.57 bits per heavy atom. The first-order valence-corrected chi connectivity index (χ1v) is 14.3. The van der Waals surface area contributed by atoms with Gasteiger partial charge in [0.1, 0.15) is 12.1 Å². The van der Waals surface area contributed by atoms with Gasteiger partial charge in [-0.1, -0.05) is 18.7 Å². The Morgan fingerprint density at radius 2 is 1.86 bits per heavy atom. The van der Waals surface area contributed by atoms with E-state index >= 15 is 4.39 Å². The van der Waals surface area contributed by atoms with E-state index in [0.29, 0.717) is 45.0 Å². The summed E-state index contributed by atoms with van der Waals surface area (Å²) in [5.74, 6) is -0.568. The molecule has 0 spiro atoms. The number of nitrogens with two attached hydrogens (primary N) is 1. The lowest BCUT2D eigenvalue weighted by Crippen LogP contribution is -2.11. The lowest BCUT2D eigenvalue weighted by Gasteiger charge is -2.13. The Morgan fingerprint density at radius 1 is 1.02 bits per heavy atom. The Hall–Kier alpha value is -5.55. The maximum Gasteiger partial charge on any atom is 0.322 e. The highest BCUT2D eigenvalue weighted by Crippen LogP contribution is 2.50. The molecule has 1 amide bonds. The van der Waals surface area contributed by atoms with Gasteiger partial charge in [0, 0.05) is 56.9 Å². The highest BCUT2D eigenvalue weighted by atomic mass is 32.1. The molecule has 0 aliphatic heterocycles. The van der Waals surface area contributed by atoms with Crippen molar-refractivity contribution >= 4 is 38.8 Å². The average Bonchev–Trinajstić information content (AvgIpc) is 3.40. The number of pyridine rings is 1. The number of aryl methyl sites for hydroxylation is 2. The van der Waals surface area contributed by atoms with Gasteiger partial charge in [-0.15, -0.1) is 11.3 Å². The van der Waals surface area contributed by atoms with Crippen LogP contribution < -0.4 is 15.8 Å². The molecule has 0 fully saturated rings. The van der Waals surface area contributed by atoms with E-state index in [1.165, 1.54) is 23.7 Å². The second kappa shape index (κ2) is 11.6. The maximum atomic E-state index is 15.6. The minimum Gasteiger partial charge on any atom is -0.421 e. The number of carbonyl (C=O) groups excluding carboxylic acids is 1. The molecule has 3 N–H and O–H groups in total. The number of aromatic nitrogens is 5. The number of benzene rings is 2. The monoisotopic (exact) mass is 603 g/mol. The van der Waals surface area contributed by atoms with Gasteiger partial charge in [-0.2, -0.15) is 0 Å². The first-order valence-electron chi connectivity index (χ1n) is 13.5. The fraction of sp³-hybridized carbons (Fsp3) is 0.0909. The van der Waals surface area contributed by atoms with Crippen LogP contribution in [0.3, 0.4) is 0 Å². The molecule has 218 valence electrons. The van der Waals surface area contributed by atoms with Gasteiger partial charge in [-0.25, -0.2) is 29.3 Å². The van der Waals surface area contributed by atoms with Crippen molar-refractivity contribution in [1.82, 2.24) is 24.9 Å². The molecule has 0 aliphatic carbocycles. The minimum atomic E-state index is -0.592. The van der Waals surface area contributed by atoms with E-state index in [-0.39, 0.29) is 17.7 Å². The number of halogens is 1. The molecule has 6 rings (SSSR count). The van der Waals surface area contributed by atoms with E-state index in [1.54, 1.807) is 56.7 Å². The zero-order valence-corrected chi connectivity index (χ0v) is 24.9. The van der Waals surface area contributed by atoms with Crippen LogP contribution in [-0.2, 0) is 4.79 Å². The molecule has 9 nitrogen and oxygen atoms in total. The lowest BCUT2D eigenvalue weighted by molar-refractivity contribution is -0.112. The van der Waals surface area contributed by atoms with Crippen LogP contribution in [0.25, 0.3) is 42.9 Å². The molecule has 4 heterocycles. The first-order chi connectivity index (χ1) is 21.2. The number of nitrogens with zero attached hydrogens (tertiary/aromatic N) is 5. The molecule has 0 saturated carbocycles. The first kappa shape index (κ1) is 28.6. The van der Waals surface area contributed by atoms with Gasteiger partial charge in [0.15, 0.2) is 11.6 Å². The van der Waals surface area contributed by atoms with Crippen molar-refractivity contribution in [2.24, 2.45) is 0 Å². The van der Waals surface area contributed by atoms with E-state index in [9.17, 15) is 4.79 Å². The summed E-state index contributed by atoms with van der Waals surface area (Å²) in [5.41, 5.74) is 12.8. The predicted molar refractivity (Wildman–Crippen MR) is 171 cm³/mol. The summed E-state index contributed by atoms with van der Waals surface area (Å²) < 4.78 is 22.1. The third-order valence-electron chi connectivity index (χ3n) is 6.91. The normalized spacial score (nSPS) is 11.0. The van der Waals surface area contributed by atoms with Gasteiger partial charge in [0.2, 0.25) is 0 Å². The van der Waals surface area contributed by atoms with E-state index < -0.39 is 5.82 Å². The third kappa shape index (κ3) is 5.48. The Balaban J connectivity index is 1.54.